The van der Waals surface area contributed by atoms with E-state index in [9.17, 15) is 0 Å². The van der Waals surface area contributed by atoms with E-state index in [-0.39, 0.29) is 0 Å². The number of aromatic nitrogens is 2. The normalized spacial score (nSPS) is 13.8. The third-order valence-electron chi connectivity index (χ3n) is 5.94. The maximum atomic E-state index is 4.59. The van der Waals surface area contributed by atoms with Gasteiger partial charge in [0, 0.05) is 41.5 Å². The number of para-hydroxylation sites is 1. The molecule has 1 aromatic carbocycles. The van der Waals surface area contributed by atoms with E-state index in [4.69, 9.17) is 0 Å². The van der Waals surface area contributed by atoms with E-state index >= 15 is 0 Å². The highest BCUT2D eigenvalue weighted by atomic mass is 14.9. The SMILES string of the molecule is CCc1c(CCNCCCc2ccnc3c2CCCC3)[nH]c2ccccc12. The van der Waals surface area contributed by atoms with E-state index < -0.39 is 0 Å². The number of fused-ring (bicyclic) bond motifs is 2. The Labute approximate surface area is 162 Å². The lowest BCUT2D eigenvalue weighted by molar-refractivity contribution is 0.629. The van der Waals surface area contributed by atoms with Crippen LogP contribution in [0.1, 0.15) is 54.3 Å². The maximum Gasteiger partial charge on any atom is 0.0458 e. The lowest BCUT2D eigenvalue weighted by Gasteiger charge is -2.18. The van der Waals surface area contributed by atoms with Gasteiger partial charge >= 0.3 is 0 Å². The van der Waals surface area contributed by atoms with Crippen LogP contribution in [-0.2, 0) is 32.1 Å². The van der Waals surface area contributed by atoms with Gasteiger partial charge < -0.3 is 10.3 Å². The van der Waals surface area contributed by atoms with E-state index in [1.807, 2.05) is 6.20 Å². The van der Waals surface area contributed by atoms with Gasteiger partial charge in [-0.25, -0.2) is 0 Å². The van der Waals surface area contributed by atoms with Crippen LogP contribution in [0, 0.1) is 0 Å². The molecule has 0 fully saturated rings. The molecule has 27 heavy (non-hydrogen) atoms. The maximum absolute atomic E-state index is 4.59. The number of nitrogens with one attached hydrogen (secondary N) is 2. The summed E-state index contributed by atoms with van der Waals surface area (Å²) in [5.74, 6) is 0. The summed E-state index contributed by atoms with van der Waals surface area (Å²) in [5, 5.41) is 5.03. The minimum absolute atomic E-state index is 1.04. The molecular weight excluding hydrogens is 330 g/mol. The Morgan fingerprint density at radius 3 is 2.85 bits per heavy atom. The number of rotatable bonds is 8. The molecule has 3 heteroatoms. The molecule has 0 aliphatic heterocycles. The monoisotopic (exact) mass is 361 g/mol. The van der Waals surface area contributed by atoms with Crippen LogP contribution in [0.25, 0.3) is 10.9 Å². The Hall–Kier alpha value is -2.13. The van der Waals surface area contributed by atoms with Crippen molar-refractivity contribution >= 4 is 10.9 Å². The zero-order valence-electron chi connectivity index (χ0n) is 16.5. The zero-order chi connectivity index (χ0) is 18.5. The molecule has 3 aromatic rings. The van der Waals surface area contributed by atoms with Gasteiger partial charge in [-0.05, 0) is 80.3 Å². The standard InChI is InChI=1S/C24H31N3/c1-2-19-21-10-4-6-12-23(21)27-24(19)14-16-25-15-7-8-18-13-17-26-22-11-5-3-9-20(18)22/h4,6,10,12-13,17,25,27H,2-3,5,7-9,11,14-16H2,1H3. The van der Waals surface area contributed by atoms with Gasteiger partial charge in [0.2, 0.25) is 0 Å². The first-order chi connectivity index (χ1) is 13.4. The summed E-state index contributed by atoms with van der Waals surface area (Å²) in [4.78, 5) is 8.21. The highest BCUT2D eigenvalue weighted by Gasteiger charge is 2.13. The predicted molar refractivity (Wildman–Crippen MR) is 113 cm³/mol. The molecular formula is C24H31N3. The van der Waals surface area contributed by atoms with Crippen molar-refractivity contribution in [1.82, 2.24) is 15.3 Å². The van der Waals surface area contributed by atoms with Crippen LogP contribution in [0.2, 0.25) is 0 Å². The van der Waals surface area contributed by atoms with Gasteiger partial charge in [-0.15, -0.1) is 0 Å². The lowest BCUT2D eigenvalue weighted by Crippen LogP contribution is -2.20. The van der Waals surface area contributed by atoms with Gasteiger partial charge in [0.25, 0.3) is 0 Å². The number of H-pyrrole nitrogens is 1. The van der Waals surface area contributed by atoms with Crippen LogP contribution in [0.5, 0.6) is 0 Å². The Morgan fingerprint density at radius 2 is 1.93 bits per heavy atom. The highest BCUT2D eigenvalue weighted by molar-refractivity contribution is 5.84. The molecule has 0 unspecified atom stereocenters. The molecule has 1 aliphatic carbocycles. The fraction of sp³-hybridized carbons (Fsp3) is 0.458. The molecule has 0 bridgehead atoms. The fourth-order valence-corrected chi connectivity index (χ4v) is 4.55. The van der Waals surface area contributed by atoms with Crippen molar-refractivity contribution in [2.75, 3.05) is 13.1 Å². The summed E-state index contributed by atoms with van der Waals surface area (Å²) < 4.78 is 0. The Balaban J connectivity index is 1.26. The zero-order valence-corrected chi connectivity index (χ0v) is 16.5. The molecule has 3 nitrogen and oxygen atoms in total. The molecule has 2 aromatic heterocycles. The van der Waals surface area contributed by atoms with Crippen molar-refractivity contribution in [3.63, 3.8) is 0 Å². The Bertz CT molecular complexity index is 894. The minimum Gasteiger partial charge on any atom is -0.358 e. The van der Waals surface area contributed by atoms with E-state index in [2.05, 4.69) is 52.5 Å². The number of hydrogen-bond donors (Lipinski definition) is 2. The van der Waals surface area contributed by atoms with Gasteiger partial charge in [-0.1, -0.05) is 25.1 Å². The minimum atomic E-state index is 1.04. The molecule has 0 amide bonds. The van der Waals surface area contributed by atoms with E-state index in [1.165, 1.54) is 71.9 Å². The first kappa shape index (κ1) is 18.2. The topological polar surface area (TPSA) is 40.7 Å². The second-order valence-electron chi connectivity index (χ2n) is 7.69. The summed E-state index contributed by atoms with van der Waals surface area (Å²) in [6.45, 7) is 4.37. The van der Waals surface area contributed by atoms with Crippen LogP contribution in [0.4, 0.5) is 0 Å². The molecule has 0 radical (unpaired) electrons. The molecule has 0 saturated heterocycles. The number of aryl methyl sites for hydroxylation is 3. The van der Waals surface area contributed by atoms with Crippen LogP contribution in [-0.4, -0.2) is 23.1 Å². The smallest absolute Gasteiger partial charge is 0.0458 e. The summed E-state index contributed by atoms with van der Waals surface area (Å²) in [6.07, 6.45) is 11.6. The predicted octanol–water partition coefficient (Wildman–Crippen LogP) is 4.77. The van der Waals surface area contributed by atoms with Gasteiger partial charge in [0.15, 0.2) is 0 Å². The fourth-order valence-electron chi connectivity index (χ4n) is 4.55. The van der Waals surface area contributed by atoms with Gasteiger partial charge in [0.05, 0.1) is 0 Å². The highest BCUT2D eigenvalue weighted by Crippen LogP contribution is 2.24. The summed E-state index contributed by atoms with van der Waals surface area (Å²) in [7, 11) is 0. The van der Waals surface area contributed by atoms with E-state index in [0.717, 1.165) is 25.9 Å². The number of pyridine rings is 1. The quantitative estimate of drug-likeness (QED) is 0.568. The molecule has 142 valence electrons. The van der Waals surface area contributed by atoms with Crippen molar-refractivity contribution in [1.29, 1.82) is 0 Å². The number of aromatic amines is 1. The number of benzene rings is 1. The molecule has 1 aliphatic rings. The summed E-state index contributed by atoms with van der Waals surface area (Å²) in [5.41, 5.74) is 8.59. The summed E-state index contributed by atoms with van der Waals surface area (Å²) in [6, 6.07) is 10.9. The second kappa shape index (κ2) is 8.71. The summed E-state index contributed by atoms with van der Waals surface area (Å²) >= 11 is 0. The van der Waals surface area contributed by atoms with Crippen molar-refractivity contribution < 1.29 is 0 Å². The molecule has 0 saturated carbocycles. The largest absolute Gasteiger partial charge is 0.358 e. The lowest BCUT2D eigenvalue weighted by atomic mass is 9.91. The number of nitrogens with zero attached hydrogens (tertiary/aromatic N) is 1. The van der Waals surface area contributed by atoms with Crippen molar-refractivity contribution in [3.8, 4) is 0 Å². The second-order valence-corrected chi connectivity index (χ2v) is 7.69. The van der Waals surface area contributed by atoms with Crippen molar-refractivity contribution in [3.05, 3.63) is 64.6 Å². The van der Waals surface area contributed by atoms with Crippen LogP contribution in [0.15, 0.2) is 36.5 Å². The van der Waals surface area contributed by atoms with E-state index in [0.29, 0.717) is 0 Å². The van der Waals surface area contributed by atoms with Crippen LogP contribution < -0.4 is 5.32 Å². The molecule has 0 atom stereocenters. The van der Waals surface area contributed by atoms with Crippen molar-refractivity contribution in [2.45, 2.75) is 58.3 Å². The van der Waals surface area contributed by atoms with Gasteiger partial charge in [-0.3, -0.25) is 4.98 Å². The van der Waals surface area contributed by atoms with Crippen LogP contribution in [0.3, 0.4) is 0 Å². The Morgan fingerprint density at radius 1 is 1.04 bits per heavy atom. The molecule has 0 spiro atoms. The van der Waals surface area contributed by atoms with Gasteiger partial charge in [-0.2, -0.15) is 0 Å². The average Bonchev–Trinajstić information content (AvgIpc) is 3.08. The Kier molecular flexibility index (Phi) is 5.88. The molecule has 2 N–H and O–H groups in total. The third-order valence-corrected chi connectivity index (χ3v) is 5.94. The molecule has 2 heterocycles. The van der Waals surface area contributed by atoms with E-state index in [1.54, 1.807) is 5.56 Å². The molecule has 4 rings (SSSR count). The average molecular weight is 362 g/mol. The van der Waals surface area contributed by atoms with Crippen molar-refractivity contribution in [2.24, 2.45) is 0 Å². The third kappa shape index (κ3) is 4.08. The van der Waals surface area contributed by atoms with Gasteiger partial charge in [0.1, 0.15) is 0 Å². The first-order valence-corrected chi connectivity index (χ1v) is 10.6. The number of hydrogen-bond acceptors (Lipinski definition) is 2. The first-order valence-electron chi connectivity index (χ1n) is 10.6. The van der Waals surface area contributed by atoms with Crippen LogP contribution >= 0.6 is 0 Å².